The van der Waals surface area contributed by atoms with Crippen molar-refractivity contribution in [2.24, 2.45) is 5.41 Å². The normalized spacial score (nSPS) is 12.1. The summed E-state index contributed by atoms with van der Waals surface area (Å²) in [5.41, 5.74) is 0.223. The van der Waals surface area contributed by atoms with Gasteiger partial charge in [-0.05, 0) is 36.1 Å². The lowest BCUT2D eigenvalue weighted by Crippen LogP contribution is -2.28. The fraction of sp³-hybridized carbons (Fsp3) is 0.579. The van der Waals surface area contributed by atoms with Crippen LogP contribution in [-0.4, -0.2) is 44.8 Å². The van der Waals surface area contributed by atoms with Gasteiger partial charge in [0.2, 0.25) is 10.0 Å². The summed E-state index contributed by atoms with van der Waals surface area (Å²) < 4.78 is 31.2. The Balaban J connectivity index is 2.61. The van der Waals surface area contributed by atoms with Gasteiger partial charge in [0.1, 0.15) is 0 Å². The Labute approximate surface area is 162 Å². The van der Waals surface area contributed by atoms with Gasteiger partial charge in [-0.25, -0.2) is 12.7 Å². The highest BCUT2D eigenvalue weighted by molar-refractivity contribution is 7.89. The van der Waals surface area contributed by atoms with Gasteiger partial charge >= 0.3 is 5.97 Å². The van der Waals surface area contributed by atoms with E-state index in [0.29, 0.717) is 12.2 Å². The number of nitrogens with one attached hydrogen (secondary N) is 1. The molecule has 0 spiro atoms. The molecule has 1 aromatic carbocycles. The number of carbonyl (C=O) groups is 2. The summed E-state index contributed by atoms with van der Waals surface area (Å²) in [6.45, 7) is 7.79. The van der Waals surface area contributed by atoms with Crippen molar-refractivity contribution < 1.29 is 22.7 Å². The first kappa shape index (κ1) is 23.1. The monoisotopic (exact) mass is 398 g/mol. The topological polar surface area (TPSA) is 92.8 Å². The second-order valence-corrected chi connectivity index (χ2v) is 9.70. The molecular formula is C19H30N2O5S. The first-order valence-corrected chi connectivity index (χ1v) is 10.4. The maximum Gasteiger partial charge on any atom is 0.306 e. The predicted octanol–water partition coefficient (Wildman–Crippen LogP) is 3.03. The molecule has 152 valence electrons. The van der Waals surface area contributed by atoms with E-state index in [1.54, 1.807) is 7.05 Å². The molecule has 7 nitrogen and oxygen atoms in total. The summed E-state index contributed by atoms with van der Waals surface area (Å²) in [5, 5.41) is 2.58. The Morgan fingerprint density at radius 3 is 2.26 bits per heavy atom. The van der Waals surface area contributed by atoms with E-state index < -0.39 is 21.9 Å². The van der Waals surface area contributed by atoms with Crippen molar-refractivity contribution in [3.05, 3.63) is 24.3 Å². The zero-order chi connectivity index (χ0) is 20.7. The Morgan fingerprint density at radius 2 is 1.74 bits per heavy atom. The van der Waals surface area contributed by atoms with Gasteiger partial charge in [-0.2, -0.15) is 0 Å². The Hall–Kier alpha value is -1.93. The average molecular weight is 399 g/mol. The number of rotatable bonds is 9. The number of carbonyl (C=O) groups excluding carboxylic acids is 2. The van der Waals surface area contributed by atoms with E-state index in [-0.39, 0.29) is 23.3 Å². The summed E-state index contributed by atoms with van der Waals surface area (Å²) in [4.78, 5) is 23.7. The van der Waals surface area contributed by atoms with E-state index in [0.717, 1.165) is 12.8 Å². The van der Waals surface area contributed by atoms with Crippen LogP contribution in [0.3, 0.4) is 0 Å². The summed E-state index contributed by atoms with van der Waals surface area (Å²) in [6.07, 6.45) is 1.92. The van der Waals surface area contributed by atoms with Gasteiger partial charge in [0.25, 0.3) is 5.91 Å². The third-order valence-corrected chi connectivity index (χ3v) is 5.58. The van der Waals surface area contributed by atoms with Crippen molar-refractivity contribution in [2.75, 3.05) is 25.5 Å². The molecule has 0 heterocycles. The second kappa shape index (κ2) is 9.85. The molecule has 0 aliphatic rings. The fourth-order valence-electron chi connectivity index (χ4n) is 2.22. The highest BCUT2D eigenvalue weighted by atomic mass is 32.2. The minimum absolute atomic E-state index is 0.163. The van der Waals surface area contributed by atoms with Crippen molar-refractivity contribution in [3.8, 4) is 0 Å². The van der Waals surface area contributed by atoms with Crippen LogP contribution in [0.1, 0.15) is 47.0 Å². The number of sulfonamides is 1. The third kappa shape index (κ3) is 8.09. The highest BCUT2D eigenvalue weighted by Crippen LogP contribution is 2.19. The molecule has 1 aromatic rings. The van der Waals surface area contributed by atoms with Crippen LogP contribution < -0.4 is 5.32 Å². The van der Waals surface area contributed by atoms with Gasteiger partial charge < -0.3 is 10.1 Å². The summed E-state index contributed by atoms with van der Waals surface area (Å²) in [5.74, 6) is -0.915. The smallest absolute Gasteiger partial charge is 0.306 e. The second-order valence-electron chi connectivity index (χ2n) is 7.65. The van der Waals surface area contributed by atoms with Crippen LogP contribution in [0, 0.1) is 5.41 Å². The molecule has 0 aromatic heterocycles. The fourth-order valence-corrected chi connectivity index (χ4v) is 3.43. The van der Waals surface area contributed by atoms with Crippen molar-refractivity contribution in [1.82, 2.24) is 4.31 Å². The molecule has 0 unspecified atom stereocenters. The number of hydrogen-bond donors (Lipinski definition) is 1. The number of hydrogen-bond acceptors (Lipinski definition) is 5. The molecule has 0 aliphatic carbocycles. The number of nitrogens with zero attached hydrogens (tertiary/aromatic N) is 1. The first-order valence-electron chi connectivity index (χ1n) is 8.97. The molecule has 0 saturated carbocycles. The minimum atomic E-state index is -3.54. The maximum atomic E-state index is 12.4. The number of amides is 1. The molecule has 1 N–H and O–H groups in total. The van der Waals surface area contributed by atoms with Crippen LogP contribution in [0.5, 0.6) is 0 Å². The zero-order valence-corrected chi connectivity index (χ0v) is 17.6. The summed E-state index contributed by atoms with van der Waals surface area (Å²) >= 11 is 0. The first-order chi connectivity index (χ1) is 12.5. The number of esters is 1. The molecule has 0 bridgehead atoms. The van der Waals surface area contributed by atoms with Gasteiger partial charge in [-0.15, -0.1) is 0 Å². The molecule has 0 atom stereocenters. The van der Waals surface area contributed by atoms with Gasteiger partial charge in [0.15, 0.2) is 6.61 Å². The van der Waals surface area contributed by atoms with E-state index in [4.69, 9.17) is 4.74 Å². The number of anilines is 1. The van der Waals surface area contributed by atoms with Gasteiger partial charge in [0, 0.05) is 19.3 Å². The molecule has 0 saturated heterocycles. The van der Waals surface area contributed by atoms with Crippen LogP contribution in [0.4, 0.5) is 5.69 Å². The van der Waals surface area contributed by atoms with Gasteiger partial charge in [0.05, 0.1) is 11.3 Å². The lowest BCUT2D eigenvalue weighted by Gasteiger charge is -2.17. The largest absolute Gasteiger partial charge is 0.456 e. The Morgan fingerprint density at radius 1 is 1.15 bits per heavy atom. The van der Waals surface area contributed by atoms with Crippen LogP contribution in [0.25, 0.3) is 0 Å². The summed E-state index contributed by atoms with van der Waals surface area (Å²) in [6, 6.07) is 5.91. The zero-order valence-electron chi connectivity index (χ0n) is 16.7. The predicted molar refractivity (Wildman–Crippen MR) is 105 cm³/mol. The SMILES string of the molecule is CCCCN(C)S(=O)(=O)c1ccc(NC(=O)COC(=O)CC(C)(C)C)cc1. The molecule has 1 amide bonds. The van der Waals surface area contributed by atoms with Gasteiger partial charge in [-0.3, -0.25) is 9.59 Å². The molecule has 0 aliphatic heterocycles. The minimum Gasteiger partial charge on any atom is -0.456 e. The van der Waals surface area contributed by atoms with E-state index in [2.05, 4.69) is 5.32 Å². The van der Waals surface area contributed by atoms with Crippen molar-refractivity contribution >= 4 is 27.6 Å². The Bertz CT molecular complexity index is 736. The molecule has 0 radical (unpaired) electrons. The van der Waals surface area contributed by atoms with E-state index in [9.17, 15) is 18.0 Å². The standard InChI is InChI=1S/C19H30N2O5S/c1-6-7-12-21(5)27(24,25)16-10-8-15(9-11-16)20-17(22)14-26-18(23)13-19(2,3)4/h8-11H,6-7,12-14H2,1-5H3,(H,20,22). The molecule has 1 rings (SSSR count). The average Bonchev–Trinajstić information content (AvgIpc) is 2.56. The van der Waals surface area contributed by atoms with Gasteiger partial charge in [-0.1, -0.05) is 34.1 Å². The van der Waals surface area contributed by atoms with Crippen LogP contribution in [0.2, 0.25) is 0 Å². The number of unbranched alkanes of at least 4 members (excludes halogenated alkanes) is 1. The molecule has 0 fully saturated rings. The van der Waals surface area contributed by atoms with E-state index in [1.807, 2.05) is 27.7 Å². The van der Waals surface area contributed by atoms with Crippen molar-refractivity contribution in [1.29, 1.82) is 0 Å². The molecule has 27 heavy (non-hydrogen) atoms. The van der Waals surface area contributed by atoms with Crippen LogP contribution in [-0.2, 0) is 24.3 Å². The highest BCUT2D eigenvalue weighted by Gasteiger charge is 2.20. The van der Waals surface area contributed by atoms with Crippen molar-refractivity contribution in [3.63, 3.8) is 0 Å². The van der Waals surface area contributed by atoms with Crippen LogP contribution in [0.15, 0.2) is 29.2 Å². The quantitative estimate of drug-likeness (QED) is 0.646. The lowest BCUT2D eigenvalue weighted by molar-refractivity contribution is -0.149. The van der Waals surface area contributed by atoms with Crippen molar-refractivity contribution in [2.45, 2.75) is 51.9 Å². The van der Waals surface area contributed by atoms with Crippen LogP contribution >= 0.6 is 0 Å². The third-order valence-electron chi connectivity index (χ3n) is 3.71. The maximum absolute atomic E-state index is 12.4. The lowest BCUT2D eigenvalue weighted by atomic mass is 9.92. The van der Waals surface area contributed by atoms with E-state index in [1.165, 1.54) is 28.6 Å². The van der Waals surface area contributed by atoms with E-state index >= 15 is 0 Å². The Kier molecular flexibility index (Phi) is 8.43. The number of ether oxygens (including phenoxy) is 1. The number of benzene rings is 1. The molecule has 8 heteroatoms. The summed E-state index contributed by atoms with van der Waals surface area (Å²) in [7, 11) is -2.00. The molecular weight excluding hydrogens is 368 g/mol.